The number of benzene rings is 2. The maximum absolute atomic E-state index is 13.3. The van der Waals surface area contributed by atoms with E-state index in [0.29, 0.717) is 31.7 Å². The minimum atomic E-state index is -1.26. The Hall–Kier alpha value is -4.24. The molecule has 0 radical (unpaired) electrons. The zero-order valence-electron chi connectivity index (χ0n) is 23.3. The van der Waals surface area contributed by atoms with Crippen molar-refractivity contribution in [3.63, 3.8) is 0 Å². The van der Waals surface area contributed by atoms with E-state index in [1.54, 1.807) is 11.9 Å². The lowest BCUT2D eigenvalue weighted by molar-refractivity contribution is -0.134. The topological polar surface area (TPSA) is 118 Å². The minimum absolute atomic E-state index is 0.0612. The number of allylic oxidation sites excluding steroid dienone is 1. The van der Waals surface area contributed by atoms with Crippen molar-refractivity contribution in [2.75, 3.05) is 44.7 Å². The predicted molar refractivity (Wildman–Crippen MR) is 156 cm³/mol. The third-order valence-corrected chi connectivity index (χ3v) is 8.08. The molecule has 1 aliphatic carbocycles. The van der Waals surface area contributed by atoms with E-state index in [0.717, 1.165) is 44.6 Å². The van der Waals surface area contributed by atoms with Crippen molar-refractivity contribution in [1.29, 1.82) is 0 Å². The number of carbonyl (C=O) groups is 4. The van der Waals surface area contributed by atoms with Crippen molar-refractivity contribution in [3.8, 4) is 0 Å². The summed E-state index contributed by atoms with van der Waals surface area (Å²) >= 11 is 0. The average molecular weight is 560 g/mol. The van der Waals surface area contributed by atoms with Gasteiger partial charge in [0.2, 0.25) is 11.8 Å². The number of carboxylic acids is 2. The number of aliphatic carboxylic acids is 2. The van der Waals surface area contributed by atoms with Gasteiger partial charge in [-0.3, -0.25) is 9.59 Å². The lowest BCUT2D eigenvalue weighted by Crippen LogP contribution is -2.43. The Morgan fingerprint density at radius 3 is 2.22 bits per heavy atom. The van der Waals surface area contributed by atoms with Gasteiger partial charge in [0.05, 0.1) is 5.92 Å². The van der Waals surface area contributed by atoms with Gasteiger partial charge < -0.3 is 24.9 Å². The number of carboxylic acid groups (broad SMARTS) is 2. The lowest BCUT2D eigenvalue weighted by atomic mass is 9.74. The van der Waals surface area contributed by atoms with Crippen LogP contribution in [0.25, 0.3) is 6.08 Å². The molecule has 0 saturated carbocycles. The second-order valence-electron chi connectivity index (χ2n) is 10.8. The molecule has 2 amide bonds. The Morgan fingerprint density at radius 2 is 1.61 bits per heavy atom. The van der Waals surface area contributed by atoms with Gasteiger partial charge in [-0.05, 0) is 62.2 Å². The van der Waals surface area contributed by atoms with Gasteiger partial charge in [0, 0.05) is 49.8 Å². The molecule has 5 rings (SSSR count). The Bertz CT molecular complexity index is 1300. The summed E-state index contributed by atoms with van der Waals surface area (Å²) in [5.41, 5.74) is 4.00. The van der Waals surface area contributed by atoms with Crippen molar-refractivity contribution in [3.05, 3.63) is 84.0 Å². The molecule has 0 bridgehead atoms. The van der Waals surface area contributed by atoms with Crippen LogP contribution < -0.4 is 4.90 Å². The Labute approximate surface area is 240 Å². The van der Waals surface area contributed by atoms with Crippen LogP contribution >= 0.6 is 0 Å². The molecule has 2 fully saturated rings. The highest BCUT2D eigenvalue weighted by molar-refractivity contribution is 5.99. The summed E-state index contributed by atoms with van der Waals surface area (Å²) in [5.74, 6) is -2.62. The van der Waals surface area contributed by atoms with E-state index < -0.39 is 11.9 Å². The van der Waals surface area contributed by atoms with Gasteiger partial charge in [-0.1, -0.05) is 54.6 Å². The maximum atomic E-state index is 13.3. The van der Waals surface area contributed by atoms with E-state index in [2.05, 4.69) is 41.3 Å². The number of piperidine rings is 1. The zero-order chi connectivity index (χ0) is 29.4. The minimum Gasteiger partial charge on any atom is -0.478 e. The van der Waals surface area contributed by atoms with E-state index in [-0.39, 0.29) is 23.1 Å². The summed E-state index contributed by atoms with van der Waals surface area (Å²) in [5, 5.41) is 15.6. The fourth-order valence-electron chi connectivity index (χ4n) is 5.87. The number of hydrogen-bond donors (Lipinski definition) is 2. The normalized spacial score (nSPS) is 19.2. The molecule has 2 aromatic rings. The first-order chi connectivity index (χ1) is 19.7. The van der Waals surface area contributed by atoms with Gasteiger partial charge in [0.25, 0.3) is 0 Å². The first kappa shape index (κ1) is 29.7. The Kier molecular flexibility index (Phi) is 9.73. The first-order valence-corrected chi connectivity index (χ1v) is 13.9. The fraction of sp³-hybridized carbons (Fsp3) is 0.375. The number of fused-ring (bicyclic) bond motifs is 2. The quantitative estimate of drug-likeness (QED) is 0.474. The van der Waals surface area contributed by atoms with Gasteiger partial charge in [0.15, 0.2) is 0 Å². The number of likely N-dealkylation sites (tertiary alicyclic amines) is 2. The van der Waals surface area contributed by atoms with Gasteiger partial charge in [0.1, 0.15) is 0 Å². The fourth-order valence-corrected chi connectivity index (χ4v) is 5.87. The molecular formula is C32H37N3O6. The first-order valence-electron chi connectivity index (χ1n) is 13.9. The maximum Gasteiger partial charge on any atom is 0.328 e. The van der Waals surface area contributed by atoms with E-state index in [9.17, 15) is 19.2 Å². The molecular weight excluding hydrogens is 522 g/mol. The number of carbonyl (C=O) groups excluding carboxylic acids is 2. The average Bonchev–Trinajstić information content (AvgIpc) is 3.51. The molecule has 2 saturated heterocycles. The monoisotopic (exact) mass is 559 g/mol. The molecule has 2 aromatic carbocycles. The highest BCUT2D eigenvalue weighted by Crippen LogP contribution is 2.43. The Balaban J connectivity index is 0.000000426. The predicted octanol–water partition coefficient (Wildman–Crippen LogP) is 3.66. The van der Waals surface area contributed by atoms with Crippen molar-refractivity contribution < 1.29 is 29.4 Å². The number of anilines is 1. The molecule has 1 unspecified atom stereocenters. The third-order valence-electron chi connectivity index (χ3n) is 8.08. The van der Waals surface area contributed by atoms with Gasteiger partial charge >= 0.3 is 11.9 Å². The SMILES string of the molecule is CN1CC(C(=O)N(CCCN2CCC3(C=Cc4ccccc43)CC2)c2ccccc2)CC1=O.O=C(O)C=CC(=O)O. The summed E-state index contributed by atoms with van der Waals surface area (Å²) < 4.78 is 0. The van der Waals surface area contributed by atoms with E-state index in [4.69, 9.17) is 10.2 Å². The summed E-state index contributed by atoms with van der Waals surface area (Å²) in [4.78, 5) is 50.5. The molecule has 216 valence electrons. The number of rotatable bonds is 8. The summed E-state index contributed by atoms with van der Waals surface area (Å²) in [6, 6.07) is 18.7. The van der Waals surface area contributed by atoms with Crippen molar-refractivity contribution in [2.24, 2.45) is 5.92 Å². The van der Waals surface area contributed by atoms with Crippen LogP contribution in [0.2, 0.25) is 0 Å². The second-order valence-corrected chi connectivity index (χ2v) is 10.8. The zero-order valence-corrected chi connectivity index (χ0v) is 23.3. The highest BCUT2D eigenvalue weighted by atomic mass is 16.4. The molecule has 3 aliphatic rings. The second kappa shape index (κ2) is 13.4. The summed E-state index contributed by atoms with van der Waals surface area (Å²) in [7, 11) is 1.78. The summed E-state index contributed by atoms with van der Waals surface area (Å²) in [6.07, 6.45) is 9.38. The van der Waals surface area contributed by atoms with Crippen molar-refractivity contribution in [2.45, 2.75) is 31.1 Å². The Morgan fingerprint density at radius 1 is 0.976 bits per heavy atom. The highest BCUT2D eigenvalue weighted by Gasteiger charge is 2.38. The van der Waals surface area contributed by atoms with E-state index in [1.807, 2.05) is 35.2 Å². The van der Waals surface area contributed by atoms with E-state index in [1.165, 1.54) is 11.1 Å². The van der Waals surface area contributed by atoms with Crippen molar-refractivity contribution >= 4 is 35.5 Å². The molecule has 2 aliphatic heterocycles. The molecule has 41 heavy (non-hydrogen) atoms. The van der Waals surface area contributed by atoms with Crippen molar-refractivity contribution in [1.82, 2.24) is 9.80 Å². The van der Waals surface area contributed by atoms with Crippen LogP contribution in [0.4, 0.5) is 5.69 Å². The van der Waals surface area contributed by atoms with Gasteiger partial charge in [-0.15, -0.1) is 0 Å². The smallest absolute Gasteiger partial charge is 0.328 e. The third kappa shape index (κ3) is 7.49. The standard InChI is InChI=1S/C28H33N3O2.C4H4O4/c1-29-21-23(20-26(29)32)27(33)31(24-9-3-2-4-10-24)17-7-16-30-18-14-28(15-19-30)13-12-22-8-5-6-11-25(22)28;5-3(6)1-2-4(7)8/h2-6,8-13,23H,7,14-21H2,1H3;1-2H,(H,5,6)(H,7,8). The number of amides is 2. The molecule has 1 atom stereocenters. The number of hydrogen-bond acceptors (Lipinski definition) is 5. The molecule has 1 spiro atoms. The van der Waals surface area contributed by atoms with Crippen LogP contribution in [0.15, 0.2) is 72.8 Å². The molecule has 9 heteroatoms. The number of nitrogens with zero attached hydrogens (tertiary/aromatic N) is 3. The van der Waals surface area contributed by atoms with Crippen LogP contribution in [-0.4, -0.2) is 83.5 Å². The van der Waals surface area contributed by atoms with Crippen LogP contribution in [0.3, 0.4) is 0 Å². The van der Waals surface area contributed by atoms with E-state index >= 15 is 0 Å². The van der Waals surface area contributed by atoms with Crippen LogP contribution in [0, 0.1) is 5.92 Å². The van der Waals surface area contributed by atoms with Crippen LogP contribution in [0.1, 0.15) is 36.8 Å². The summed E-state index contributed by atoms with van der Waals surface area (Å²) in [6.45, 7) is 4.35. The van der Waals surface area contributed by atoms with Gasteiger partial charge in [-0.2, -0.15) is 0 Å². The van der Waals surface area contributed by atoms with Crippen LogP contribution in [0.5, 0.6) is 0 Å². The molecule has 2 N–H and O–H groups in total. The number of para-hydroxylation sites is 1. The largest absolute Gasteiger partial charge is 0.478 e. The molecule has 9 nitrogen and oxygen atoms in total. The molecule has 2 heterocycles. The van der Waals surface area contributed by atoms with Gasteiger partial charge in [-0.25, -0.2) is 9.59 Å². The van der Waals surface area contributed by atoms with Crippen LogP contribution in [-0.2, 0) is 24.6 Å². The lowest BCUT2D eigenvalue weighted by Gasteiger charge is -2.39. The molecule has 0 aromatic heterocycles.